The second-order valence-electron chi connectivity index (χ2n) is 5.37. The highest BCUT2D eigenvalue weighted by Gasteiger charge is 2.21. The molecule has 16 heavy (non-hydrogen) atoms. The molecule has 84 valence electrons. The maximum absolute atomic E-state index is 10.2. The van der Waals surface area contributed by atoms with Crippen molar-refractivity contribution in [2.45, 2.75) is 26.6 Å². The van der Waals surface area contributed by atoms with E-state index >= 15 is 0 Å². The van der Waals surface area contributed by atoms with Gasteiger partial charge in [-0.2, -0.15) is 0 Å². The molecule has 2 rings (SSSR count). The Balaban J connectivity index is 2.84. The Morgan fingerprint density at radius 1 is 1.06 bits per heavy atom. The summed E-state index contributed by atoms with van der Waals surface area (Å²) >= 11 is 0. The lowest BCUT2D eigenvalue weighted by molar-refractivity contribution is 0.478. The zero-order valence-electron chi connectivity index (χ0n) is 10.3. The summed E-state index contributed by atoms with van der Waals surface area (Å²) in [6.07, 6.45) is 0. The molecule has 1 nitrogen and oxygen atoms in total. The molecule has 0 aromatic heterocycles. The zero-order chi connectivity index (χ0) is 11.9. The van der Waals surface area contributed by atoms with Gasteiger partial charge in [0.15, 0.2) is 0 Å². The van der Waals surface area contributed by atoms with Crippen molar-refractivity contribution in [2.24, 2.45) is 0 Å². The molecule has 0 atom stereocenters. The number of hydrogen-bond donors (Lipinski definition) is 1. The largest absolute Gasteiger partial charge is 0.507 e. The van der Waals surface area contributed by atoms with Crippen LogP contribution in [0.15, 0.2) is 30.3 Å². The summed E-state index contributed by atoms with van der Waals surface area (Å²) in [5.41, 5.74) is 1.05. The van der Waals surface area contributed by atoms with E-state index in [0.717, 1.165) is 16.3 Å². The molecule has 2 heteroatoms. The third-order valence-electron chi connectivity index (χ3n) is 3.08. The minimum Gasteiger partial charge on any atom is -0.507 e. The topological polar surface area (TPSA) is 20.2 Å². The normalized spacial score (nSPS) is 12.0. The van der Waals surface area contributed by atoms with Gasteiger partial charge in [-0.15, -0.1) is 0 Å². The highest BCUT2D eigenvalue weighted by molar-refractivity contribution is 6.89. The molecule has 0 fully saturated rings. The molecule has 0 aliphatic heterocycles. The van der Waals surface area contributed by atoms with Gasteiger partial charge in [0.2, 0.25) is 0 Å². The molecular weight excluding hydrogens is 212 g/mol. The van der Waals surface area contributed by atoms with Crippen LogP contribution in [-0.2, 0) is 0 Å². The summed E-state index contributed by atoms with van der Waals surface area (Å²) in [7, 11) is -1.39. The van der Waals surface area contributed by atoms with Crippen molar-refractivity contribution >= 4 is 24.0 Å². The van der Waals surface area contributed by atoms with E-state index in [2.05, 4.69) is 31.8 Å². The van der Waals surface area contributed by atoms with Crippen LogP contribution in [0.1, 0.15) is 5.56 Å². The molecule has 0 aliphatic rings. The van der Waals surface area contributed by atoms with Crippen LogP contribution in [0.25, 0.3) is 10.8 Å². The van der Waals surface area contributed by atoms with Gasteiger partial charge in [-0.1, -0.05) is 55.2 Å². The van der Waals surface area contributed by atoms with Crippen LogP contribution in [0.2, 0.25) is 19.6 Å². The Bertz CT molecular complexity index is 538. The van der Waals surface area contributed by atoms with Crippen molar-refractivity contribution in [1.82, 2.24) is 0 Å². The van der Waals surface area contributed by atoms with Gasteiger partial charge in [0, 0.05) is 5.39 Å². The average molecular weight is 230 g/mol. The third kappa shape index (κ3) is 1.74. The predicted octanol–water partition coefficient (Wildman–Crippen LogP) is 3.40. The van der Waals surface area contributed by atoms with E-state index in [-0.39, 0.29) is 0 Å². The fourth-order valence-electron chi connectivity index (χ4n) is 2.21. The standard InChI is InChI=1S/C14H18OSi/c1-10-13(16(2,3)4)9-11-7-5-6-8-12(11)14(10)15/h5-9,15H,1-4H3. The van der Waals surface area contributed by atoms with Gasteiger partial charge in [-0.25, -0.2) is 0 Å². The Morgan fingerprint density at radius 2 is 1.69 bits per heavy atom. The number of rotatable bonds is 1. The lowest BCUT2D eigenvalue weighted by Crippen LogP contribution is -2.39. The number of phenols is 1. The van der Waals surface area contributed by atoms with Crippen molar-refractivity contribution in [2.75, 3.05) is 0 Å². The Morgan fingerprint density at radius 3 is 2.31 bits per heavy atom. The summed E-state index contributed by atoms with van der Waals surface area (Å²) in [6.45, 7) is 8.95. The first-order valence-electron chi connectivity index (χ1n) is 5.63. The minimum atomic E-state index is -1.39. The molecule has 0 heterocycles. The Labute approximate surface area is 97.7 Å². The quantitative estimate of drug-likeness (QED) is 0.744. The lowest BCUT2D eigenvalue weighted by Gasteiger charge is -2.21. The van der Waals surface area contributed by atoms with E-state index in [0.29, 0.717) is 5.75 Å². The minimum absolute atomic E-state index is 0.454. The molecule has 0 saturated carbocycles. The predicted molar refractivity (Wildman–Crippen MR) is 73.3 cm³/mol. The van der Waals surface area contributed by atoms with Crippen LogP contribution in [0.4, 0.5) is 0 Å². The maximum atomic E-state index is 10.2. The van der Waals surface area contributed by atoms with E-state index in [9.17, 15) is 5.11 Å². The highest BCUT2D eigenvalue weighted by atomic mass is 28.3. The van der Waals surface area contributed by atoms with E-state index in [1.165, 1.54) is 5.19 Å². The first-order valence-corrected chi connectivity index (χ1v) is 9.13. The number of aromatic hydroxyl groups is 1. The SMILES string of the molecule is Cc1c([Si](C)(C)C)cc2ccccc2c1O. The molecule has 0 spiro atoms. The summed E-state index contributed by atoms with van der Waals surface area (Å²) in [5.74, 6) is 0.454. The molecule has 0 amide bonds. The molecule has 0 unspecified atom stereocenters. The average Bonchev–Trinajstić information content (AvgIpc) is 2.22. The van der Waals surface area contributed by atoms with Gasteiger partial charge in [0.05, 0.1) is 8.07 Å². The molecule has 0 radical (unpaired) electrons. The molecule has 2 aromatic carbocycles. The second kappa shape index (κ2) is 3.63. The van der Waals surface area contributed by atoms with Crippen LogP contribution < -0.4 is 5.19 Å². The molecular formula is C14H18OSi. The second-order valence-corrected chi connectivity index (χ2v) is 10.4. The van der Waals surface area contributed by atoms with Crippen LogP contribution in [-0.4, -0.2) is 13.2 Å². The van der Waals surface area contributed by atoms with Gasteiger partial charge in [-0.05, 0) is 17.9 Å². The smallest absolute Gasteiger partial charge is 0.126 e. The number of phenolic OH excluding ortho intramolecular Hbond substituents is 1. The van der Waals surface area contributed by atoms with E-state index in [4.69, 9.17) is 0 Å². The van der Waals surface area contributed by atoms with Crippen LogP contribution >= 0.6 is 0 Å². The zero-order valence-corrected chi connectivity index (χ0v) is 11.3. The summed E-state index contributed by atoms with van der Waals surface area (Å²) in [6, 6.07) is 10.3. The Kier molecular flexibility index (Phi) is 2.54. The van der Waals surface area contributed by atoms with Crippen LogP contribution in [0.5, 0.6) is 5.75 Å². The fourth-order valence-corrected chi connectivity index (χ4v) is 4.04. The third-order valence-corrected chi connectivity index (χ3v) is 5.22. The van der Waals surface area contributed by atoms with Gasteiger partial charge < -0.3 is 5.11 Å². The van der Waals surface area contributed by atoms with Gasteiger partial charge in [-0.3, -0.25) is 0 Å². The summed E-state index contributed by atoms with van der Waals surface area (Å²) in [4.78, 5) is 0. The van der Waals surface area contributed by atoms with Crippen molar-refractivity contribution in [3.63, 3.8) is 0 Å². The molecule has 0 bridgehead atoms. The number of hydrogen-bond acceptors (Lipinski definition) is 1. The lowest BCUT2D eigenvalue weighted by atomic mass is 10.1. The van der Waals surface area contributed by atoms with Crippen molar-refractivity contribution < 1.29 is 5.11 Å². The monoisotopic (exact) mass is 230 g/mol. The van der Waals surface area contributed by atoms with Crippen molar-refractivity contribution in [1.29, 1.82) is 0 Å². The first-order chi connectivity index (χ1) is 7.41. The Hall–Kier alpha value is -1.28. The fraction of sp³-hybridized carbons (Fsp3) is 0.286. The molecule has 1 N–H and O–H groups in total. The van der Waals surface area contributed by atoms with Gasteiger partial charge in [0.1, 0.15) is 5.75 Å². The van der Waals surface area contributed by atoms with Gasteiger partial charge >= 0.3 is 0 Å². The molecule has 0 saturated heterocycles. The van der Waals surface area contributed by atoms with E-state index in [1.54, 1.807) is 0 Å². The number of fused-ring (bicyclic) bond motifs is 1. The van der Waals surface area contributed by atoms with E-state index < -0.39 is 8.07 Å². The first kappa shape index (κ1) is 11.2. The molecule has 2 aromatic rings. The van der Waals surface area contributed by atoms with Crippen LogP contribution in [0.3, 0.4) is 0 Å². The summed E-state index contributed by atoms with van der Waals surface area (Å²) in [5, 5.41) is 13.7. The summed E-state index contributed by atoms with van der Waals surface area (Å²) < 4.78 is 0. The van der Waals surface area contributed by atoms with E-state index in [1.807, 2.05) is 25.1 Å². The maximum Gasteiger partial charge on any atom is 0.126 e. The van der Waals surface area contributed by atoms with Crippen molar-refractivity contribution in [3.05, 3.63) is 35.9 Å². The highest BCUT2D eigenvalue weighted by Crippen LogP contribution is 2.28. The van der Waals surface area contributed by atoms with Crippen molar-refractivity contribution in [3.8, 4) is 5.75 Å². The van der Waals surface area contributed by atoms with Gasteiger partial charge in [0.25, 0.3) is 0 Å². The number of benzene rings is 2. The van der Waals surface area contributed by atoms with Crippen LogP contribution in [0, 0.1) is 6.92 Å². The molecule has 0 aliphatic carbocycles.